The van der Waals surface area contributed by atoms with Crippen molar-refractivity contribution in [1.29, 1.82) is 5.41 Å². The number of benzene rings is 1. The van der Waals surface area contributed by atoms with Gasteiger partial charge in [-0.2, -0.15) is 4.99 Å². The van der Waals surface area contributed by atoms with Gasteiger partial charge in [-0.1, -0.05) is 199 Å². The van der Waals surface area contributed by atoms with Crippen LogP contribution in [0.1, 0.15) is 205 Å². The highest BCUT2D eigenvalue weighted by molar-refractivity contribution is 5.59. The summed E-state index contributed by atoms with van der Waals surface area (Å²) in [5, 5.41) is 7.49. The fourth-order valence-corrected chi connectivity index (χ4v) is 6.27. The monoisotopic (exact) mass is 567 g/mol. The van der Waals surface area contributed by atoms with Gasteiger partial charge in [0.05, 0.1) is 11.7 Å². The summed E-state index contributed by atoms with van der Waals surface area (Å²) in [7, 11) is 0. The Morgan fingerprint density at radius 1 is 0.439 bits per heavy atom. The molecule has 0 atom stereocenters. The Balaban J connectivity index is 2.09. The second-order valence-corrected chi connectivity index (χ2v) is 12.8. The lowest BCUT2D eigenvalue weighted by Gasteiger charge is -2.11. The Morgan fingerprint density at radius 3 is 0.976 bits per heavy atom. The van der Waals surface area contributed by atoms with E-state index in [1.54, 1.807) is 0 Å². The van der Waals surface area contributed by atoms with Crippen molar-refractivity contribution in [2.24, 2.45) is 4.99 Å². The first-order valence-electron chi connectivity index (χ1n) is 18.6. The van der Waals surface area contributed by atoms with E-state index >= 15 is 0 Å². The normalized spacial score (nSPS) is 11.2. The molecule has 236 valence electrons. The molecule has 0 heterocycles. The van der Waals surface area contributed by atoms with Crippen LogP contribution in [-0.4, -0.2) is 6.01 Å². The van der Waals surface area contributed by atoms with Gasteiger partial charge in [0.1, 0.15) is 0 Å². The molecule has 0 saturated heterocycles. The highest BCUT2D eigenvalue weighted by Gasteiger charge is 2.08. The van der Waals surface area contributed by atoms with Crippen LogP contribution in [0.25, 0.3) is 0 Å². The van der Waals surface area contributed by atoms with Crippen LogP contribution in [0.15, 0.2) is 23.2 Å². The van der Waals surface area contributed by atoms with Crippen molar-refractivity contribution in [3.8, 4) is 0 Å². The molecular weight excluding hydrogens is 496 g/mol. The second kappa shape index (κ2) is 30.1. The minimum absolute atomic E-state index is 1.05. The Kier molecular flexibility index (Phi) is 27.6. The molecule has 0 amide bonds. The van der Waals surface area contributed by atoms with Crippen LogP contribution >= 0.6 is 0 Å². The van der Waals surface area contributed by atoms with Gasteiger partial charge in [0.15, 0.2) is 0 Å². The topological polar surface area (TPSA) is 36.2 Å². The standard InChI is InChI=1S/C39H70N2/c1-3-5-7-9-11-13-15-17-19-21-23-25-27-29-32-37-34-31-35-38(39(37)41-36-40)33-30-28-26-24-22-20-18-16-14-12-10-8-6-4-2/h31,34-35,40H,3-30,32-33H2,1-2H3. The first-order valence-corrected chi connectivity index (χ1v) is 18.6. The first-order chi connectivity index (χ1) is 20.3. The van der Waals surface area contributed by atoms with Gasteiger partial charge >= 0.3 is 0 Å². The summed E-state index contributed by atoms with van der Waals surface area (Å²) >= 11 is 0. The van der Waals surface area contributed by atoms with E-state index in [2.05, 4.69) is 43.0 Å². The zero-order valence-corrected chi connectivity index (χ0v) is 27.9. The molecule has 0 fully saturated rings. The van der Waals surface area contributed by atoms with Gasteiger partial charge in [0.25, 0.3) is 0 Å². The van der Waals surface area contributed by atoms with E-state index in [0.29, 0.717) is 0 Å². The SMILES string of the molecule is CCCCCCCCCCCCCCCCc1cccc(CCCCCCCCCCCCCCCC)c1N=C=N. The zero-order chi connectivity index (χ0) is 29.5. The summed E-state index contributed by atoms with van der Waals surface area (Å²) in [6, 6.07) is 9.01. The molecule has 1 rings (SSSR count). The summed E-state index contributed by atoms with van der Waals surface area (Å²) in [6.07, 6.45) is 41.3. The van der Waals surface area contributed by atoms with Crippen LogP contribution in [0.2, 0.25) is 0 Å². The number of hydrogen-bond acceptors (Lipinski definition) is 2. The third-order valence-electron chi connectivity index (χ3n) is 8.97. The lowest BCUT2D eigenvalue weighted by atomic mass is 9.97. The molecule has 0 saturated carbocycles. The van der Waals surface area contributed by atoms with Crippen molar-refractivity contribution in [3.63, 3.8) is 0 Å². The van der Waals surface area contributed by atoms with Crippen LogP contribution < -0.4 is 0 Å². The zero-order valence-electron chi connectivity index (χ0n) is 27.9. The van der Waals surface area contributed by atoms with Gasteiger partial charge in [0.2, 0.25) is 0 Å². The van der Waals surface area contributed by atoms with Gasteiger partial charge in [-0.3, -0.25) is 0 Å². The summed E-state index contributed by atoms with van der Waals surface area (Å²) in [6.45, 7) is 4.59. The van der Waals surface area contributed by atoms with Gasteiger partial charge in [-0.25, -0.2) is 5.41 Å². The van der Waals surface area contributed by atoms with Crippen LogP contribution in [0.3, 0.4) is 0 Å². The third kappa shape index (κ3) is 22.8. The minimum atomic E-state index is 1.05. The van der Waals surface area contributed by atoms with Gasteiger partial charge in [-0.15, -0.1) is 0 Å². The molecule has 1 N–H and O–H groups in total. The predicted octanol–water partition coefficient (Wildman–Crippen LogP) is 14.1. The maximum absolute atomic E-state index is 7.49. The van der Waals surface area contributed by atoms with E-state index in [1.807, 2.05) is 0 Å². The van der Waals surface area contributed by atoms with Crippen LogP contribution in [-0.2, 0) is 12.8 Å². The van der Waals surface area contributed by atoms with E-state index in [-0.39, 0.29) is 0 Å². The average molecular weight is 567 g/mol. The Labute approximate surface area is 257 Å². The number of nitrogens with one attached hydrogen (secondary N) is 1. The van der Waals surface area contributed by atoms with Crippen LogP contribution in [0, 0.1) is 5.41 Å². The lowest BCUT2D eigenvalue weighted by molar-refractivity contribution is 0.535. The van der Waals surface area contributed by atoms with Crippen LogP contribution in [0.5, 0.6) is 0 Å². The van der Waals surface area contributed by atoms with Crippen molar-refractivity contribution in [2.75, 3.05) is 0 Å². The highest BCUT2D eigenvalue weighted by Crippen LogP contribution is 2.28. The molecule has 41 heavy (non-hydrogen) atoms. The molecule has 0 spiro atoms. The second-order valence-electron chi connectivity index (χ2n) is 12.8. The largest absolute Gasteiger partial charge is 0.241 e. The van der Waals surface area contributed by atoms with E-state index in [1.165, 1.54) is 191 Å². The predicted molar refractivity (Wildman–Crippen MR) is 184 cm³/mol. The molecule has 0 aliphatic heterocycles. The first kappa shape index (κ1) is 37.6. The van der Waals surface area contributed by atoms with Gasteiger partial charge in [-0.05, 0) is 36.8 Å². The van der Waals surface area contributed by atoms with Crippen molar-refractivity contribution in [1.82, 2.24) is 0 Å². The van der Waals surface area contributed by atoms with E-state index in [0.717, 1.165) is 18.5 Å². The molecule has 0 aliphatic rings. The van der Waals surface area contributed by atoms with Crippen molar-refractivity contribution in [3.05, 3.63) is 29.3 Å². The highest BCUT2D eigenvalue weighted by atomic mass is 14.7. The molecule has 1 aromatic rings. The summed E-state index contributed by atoms with van der Waals surface area (Å²) in [5.41, 5.74) is 3.70. The quantitative estimate of drug-likeness (QED) is 0.0685. The maximum atomic E-state index is 7.49. The third-order valence-corrected chi connectivity index (χ3v) is 8.97. The number of nitrogens with zero attached hydrogens (tertiary/aromatic N) is 1. The maximum Gasteiger partial charge on any atom is 0.0918 e. The van der Waals surface area contributed by atoms with E-state index < -0.39 is 0 Å². The van der Waals surface area contributed by atoms with E-state index in [4.69, 9.17) is 5.41 Å². The molecule has 0 bridgehead atoms. The summed E-state index contributed by atoms with van der Waals surface area (Å²) in [4.78, 5) is 4.39. The number of aliphatic imine (C=N–C) groups is 1. The molecule has 0 aliphatic carbocycles. The molecule has 0 radical (unpaired) electrons. The summed E-state index contributed by atoms with van der Waals surface area (Å²) < 4.78 is 0. The van der Waals surface area contributed by atoms with Crippen molar-refractivity contribution in [2.45, 2.75) is 206 Å². The van der Waals surface area contributed by atoms with Crippen molar-refractivity contribution < 1.29 is 0 Å². The average Bonchev–Trinajstić information content (AvgIpc) is 2.98. The Morgan fingerprint density at radius 2 is 0.707 bits per heavy atom. The Hall–Kier alpha value is -1.40. The molecule has 2 nitrogen and oxygen atoms in total. The Bertz CT molecular complexity index is 683. The molecule has 0 aromatic heterocycles. The number of para-hydroxylation sites is 1. The molecule has 1 aromatic carbocycles. The molecule has 0 unspecified atom stereocenters. The molecular formula is C39H70N2. The minimum Gasteiger partial charge on any atom is -0.241 e. The fraction of sp³-hybridized carbons (Fsp3) is 0.821. The number of aryl methyl sites for hydroxylation is 2. The summed E-state index contributed by atoms with van der Waals surface area (Å²) in [5.74, 6) is 0. The number of unbranched alkanes of at least 4 members (excludes halogenated alkanes) is 26. The van der Waals surface area contributed by atoms with Gasteiger partial charge in [0, 0.05) is 0 Å². The lowest BCUT2D eigenvalue weighted by Crippen LogP contribution is -1.93. The number of rotatable bonds is 31. The number of hydrogen-bond donors (Lipinski definition) is 1. The van der Waals surface area contributed by atoms with Gasteiger partial charge < -0.3 is 0 Å². The van der Waals surface area contributed by atoms with E-state index in [9.17, 15) is 0 Å². The van der Waals surface area contributed by atoms with Crippen LogP contribution in [0.4, 0.5) is 5.69 Å². The fourth-order valence-electron chi connectivity index (χ4n) is 6.27. The molecule has 2 heteroatoms. The smallest absolute Gasteiger partial charge is 0.0918 e. The van der Waals surface area contributed by atoms with Crippen molar-refractivity contribution >= 4 is 11.7 Å².